The summed E-state index contributed by atoms with van der Waals surface area (Å²) in [5, 5.41) is 0. The molecule has 0 atom stereocenters. The van der Waals surface area contributed by atoms with Crippen LogP contribution in [0.25, 0.3) is 0 Å². The molecule has 0 unspecified atom stereocenters. The summed E-state index contributed by atoms with van der Waals surface area (Å²) in [4.78, 5) is 24.5. The lowest BCUT2D eigenvalue weighted by Gasteiger charge is -2.08. The van der Waals surface area contributed by atoms with Crippen LogP contribution in [0, 0.1) is 0 Å². The molecule has 0 fully saturated rings. The Kier molecular flexibility index (Phi) is 6.04. The van der Waals surface area contributed by atoms with E-state index in [9.17, 15) is 9.59 Å². The van der Waals surface area contributed by atoms with Crippen molar-refractivity contribution >= 4 is 39.1 Å². The van der Waals surface area contributed by atoms with Gasteiger partial charge < -0.3 is 4.74 Å². The standard InChI is InChI=1S/C19H15BrN2O3S/c20-17-11-10-16(26-17)19(24)22-21-18(23)14-6-8-15(9-7-14)25-12-13-4-2-1-3-5-13/h1-11H,12H2,(H,21,23)(H,22,24). The van der Waals surface area contributed by atoms with Crippen molar-refractivity contribution in [1.82, 2.24) is 10.9 Å². The van der Waals surface area contributed by atoms with Crippen LogP contribution >= 0.6 is 27.3 Å². The van der Waals surface area contributed by atoms with E-state index in [1.807, 2.05) is 30.3 Å². The maximum Gasteiger partial charge on any atom is 0.279 e. The molecule has 26 heavy (non-hydrogen) atoms. The normalized spacial score (nSPS) is 10.2. The number of hydrazine groups is 1. The number of hydrogen-bond acceptors (Lipinski definition) is 4. The zero-order valence-electron chi connectivity index (χ0n) is 13.6. The molecule has 0 aliphatic heterocycles. The number of carbonyl (C=O) groups is 2. The Morgan fingerprint density at radius 1 is 0.885 bits per heavy atom. The number of halogens is 1. The second-order valence-corrected chi connectivity index (χ2v) is 7.77. The smallest absolute Gasteiger partial charge is 0.279 e. The van der Waals surface area contributed by atoms with Gasteiger partial charge in [-0.2, -0.15) is 0 Å². The SMILES string of the molecule is O=C(NNC(=O)c1ccc(Br)s1)c1ccc(OCc2ccccc2)cc1. The maximum atomic E-state index is 12.1. The average molecular weight is 431 g/mol. The van der Waals surface area contributed by atoms with E-state index >= 15 is 0 Å². The van der Waals surface area contributed by atoms with Crippen molar-refractivity contribution in [2.45, 2.75) is 6.61 Å². The third-order valence-corrected chi connectivity index (χ3v) is 5.07. The van der Waals surface area contributed by atoms with Gasteiger partial charge in [0, 0.05) is 5.56 Å². The highest BCUT2D eigenvalue weighted by Gasteiger charge is 2.11. The van der Waals surface area contributed by atoms with Gasteiger partial charge in [0.05, 0.1) is 8.66 Å². The van der Waals surface area contributed by atoms with Gasteiger partial charge in [-0.05, 0) is 57.9 Å². The summed E-state index contributed by atoms with van der Waals surface area (Å²) in [6.07, 6.45) is 0. The molecular weight excluding hydrogens is 416 g/mol. The van der Waals surface area contributed by atoms with E-state index in [0.717, 1.165) is 9.35 Å². The van der Waals surface area contributed by atoms with E-state index in [2.05, 4.69) is 26.8 Å². The highest BCUT2D eigenvalue weighted by atomic mass is 79.9. The summed E-state index contributed by atoms with van der Waals surface area (Å²) in [7, 11) is 0. The molecule has 2 amide bonds. The monoisotopic (exact) mass is 430 g/mol. The Balaban J connectivity index is 1.51. The molecule has 0 saturated heterocycles. The maximum absolute atomic E-state index is 12.1. The minimum Gasteiger partial charge on any atom is -0.489 e. The number of benzene rings is 2. The second kappa shape index (κ2) is 8.64. The predicted molar refractivity (Wildman–Crippen MR) is 104 cm³/mol. The summed E-state index contributed by atoms with van der Waals surface area (Å²) < 4.78 is 6.53. The lowest BCUT2D eigenvalue weighted by atomic mass is 10.2. The van der Waals surface area contributed by atoms with E-state index in [4.69, 9.17) is 4.74 Å². The molecule has 0 aliphatic rings. The van der Waals surface area contributed by atoms with Gasteiger partial charge in [0.25, 0.3) is 11.8 Å². The van der Waals surface area contributed by atoms with Crippen LogP contribution in [0.15, 0.2) is 70.5 Å². The van der Waals surface area contributed by atoms with Crippen LogP contribution in [-0.4, -0.2) is 11.8 Å². The molecule has 5 nitrogen and oxygen atoms in total. The summed E-state index contributed by atoms with van der Waals surface area (Å²) in [6.45, 7) is 0.457. The van der Waals surface area contributed by atoms with Crippen molar-refractivity contribution in [3.63, 3.8) is 0 Å². The molecule has 0 spiro atoms. The summed E-state index contributed by atoms with van der Waals surface area (Å²) in [5.74, 6) is -0.0988. The largest absolute Gasteiger partial charge is 0.489 e. The molecular formula is C19H15BrN2O3S. The van der Waals surface area contributed by atoms with E-state index in [0.29, 0.717) is 22.8 Å². The highest BCUT2D eigenvalue weighted by molar-refractivity contribution is 9.11. The molecule has 2 N–H and O–H groups in total. The minimum absolute atomic E-state index is 0.364. The van der Waals surface area contributed by atoms with Crippen molar-refractivity contribution < 1.29 is 14.3 Å². The highest BCUT2D eigenvalue weighted by Crippen LogP contribution is 2.21. The lowest BCUT2D eigenvalue weighted by Crippen LogP contribution is -2.41. The topological polar surface area (TPSA) is 67.4 Å². The summed E-state index contributed by atoms with van der Waals surface area (Å²) in [5.41, 5.74) is 6.28. The Bertz CT molecular complexity index is 895. The Morgan fingerprint density at radius 3 is 2.23 bits per heavy atom. The second-order valence-electron chi connectivity index (χ2n) is 5.31. The number of nitrogens with one attached hydrogen (secondary N) is 2. The van der Waals surface area contributed by atoms with Gasteiger partial charge in [-0.1, -0.05) is 30.3 Å². The molecule has 0 aliphatic carbocycles. The quantitative estimate of drug-likeness (QED) is 0.597. The molecule has 1 heterocycles. The van der Waals surface area contributed by atoms with E-state index in [-0.39, 0.29) is 5.91 Å². The van der Waals surface area contributed by atoms with Gasteiger partial charge >= 0.3 is 0 Å². The number of ether oxygens (including phenoxy) is 1. The van der Waals surface area contributed by atoms with Crippen LogP contribution in [0.1, 0.15) is 25.6 Å². The van der Waals surface area contributed by atoms with Gasteiger partial charge in [0.15, 0.2) is 0 Å². The van der Waals surface area contributed by atoms with Crippen LogP contribution < -0.4 is 15.6 Å². The molecule has 3 aromatic rings. The van der Waals surface area contributed by atoms with Crippen molar-refractivity contribution in [3.8, 4) is 5.75 Å². The van der Waals surface area contributed by atoms with Crippen molar-refractivity contribution in [2.24, 2.45) is 0 Å². The molecule has 7 heteroatoms. The summed E-state index contributed by atoms with van der Waals surface area (Å²) in [6, 6.07) is 20.0. The number of rotatable bonds is 5. The number of hydrogen-bond donors (Lipinski definition) is 2. The van der Waals surface area contributed by atoms with Crippen LogP contribution in [-0.2, 0) is 6.61 Å². The third kappa shape index (κ3) is 4.93. The average Bonchev–Trinajstić information content (AvgIpc) is 3.12. The number of carbonyl (C=O) groups excluding carboxylic acids is 2. The van der Waals surface area contributed by atoms with E-state index in [1.54, 1.807) is 36.4 Å². The molecule has 3 rings (SSSR count). The van der Waals surface area contributed by atoms with Gasteiger partial charge in [0.2, 0.25) is 0 Å². The zero-order chi connectivity index (χ0) is 18.4. The predicted octanol–water partition coefficient (Wildman–Crippen LogP) is 4.16. The van der Waals surface area contributed by atoms with Crippen LogP contribution in [0.3, 0.4) is 0 Å². The van der Waals surface area contributed by atoms with Gasteiger partial charge in [-0.15, -0.1) is 11.3 Å². The Labute approximate surface area is 163 Å². The molecule has 0 radical (unpaired) electrons. The van der Waals surface area contributed by atoms with Crippen molar-refractivity contribution in [2.75, 3.05) is 0 Å². The van der Waals surface area contributed by atoms with Gasteiger partial charge in [-0.25, -0.2) is 0 Å². The molecule has 2 aromatic carbocycles. The summed E-state index contributed by atoms with van der Waals surface area (Å²) >= 11 is 4.58. The molecule has 0 saturated carbocycles. The fourth-order valence-electron chi connectivity index (χ4n) is 2.13. The minimum atomic E-state index is -0.399. The number of amides is 2. The first-order valence-electron chi connectivity index (χ1n) is 7.74. The van der Waals surface area contributed by atoms with Gasteiger partial charge in [-0.3, -0.25) is 20.4 Å². The lowest BCUT2D eigenvalue weighted by molar-refractivity contribution is 0.0849. The fraction of sp³-hybridized carbons (Fsp3) is 0.0526. The Hall–Kier alpha value is -2.64. The molecule has 0 bridgehead atoms. The van der Waals surface area contributed by atoms with Gasteiger partial charge in [0.1, 0.15) is 12.4 Å². The molecule has 132 valence electrons. The zero-order valence-corrected chi connectivity index (χ0v) is 16.0. The van der Waals surface area contributed by atoms with E-state index < -0.39 is 5.91 Å². The third-order valence-electron chi connectivity index (χ3n) is 3.45. The van der Waals surface area contributed by atoms with Crippen LogP contribution in [0.2, 0.25) is 0 Å². The first-order valence-corrected chi connectivity index (χ1v) is 9.35. The van der Waals surface area contributed by atoms with E-state index in [1.165, 1.54) is 11.3 Å². The number of thiophene rings is 1. The molecule has 1 aromatic heterocycles. The van der Waals surface area contributed by atoms with Crippen molar-refractivity contribution in [3.05, 3.63) is 86.5 Å². The Morgan fingerprint density at radius 2 is 1.58 bits per heavy atom. The first kappa shape index (κ1) is 18.2. The van der Waals surface area contributed by atoms with Crippen molar-refractivity contribution in [1.29, 1.82) is 0 Å². The first-order chi connectivity index (χ1) is 12.6. The van der Waals surface area contributed by atoms with Crippen LogP contribution in [0.5, 0.6) is 5.75 Å². The van der Waals surface area contributed by atoms with Crippen LogP contribution in [0.4, 0.5) is 0 Å². The fourth-order valence-corrected chi connectivity index (χ4v) is 3.41.